The minimum absolute atomic E-state index is 0.122. The van der Waals surface area contributed by atoms with Gasteiger partial charge >= 0.3 is 0 Å². The van der Waals surface area contributed by atoms with E-state index in [0.29, 0.717) is 41.3 Å². The summed E-state index contributed by atoms with van der Waals surface area (Å²) in [5.41, 5.74) is 1.63. The van der Waals surface area contributed by atoms with Crippen LogP contribution in [0.15, 0.2) is 52.9 Å². The molecule has 0 radical (unpaired) electrons. The first-order chi connectivity index (χ1) is 13.9. The van der Waals surface area contributed by atoms with Gasteiger partial charge in [-0.3, -0.25) is 9.59 Å². The van der Waals surface area contributed by atoms with Gasteiger partial charge in [0, 0.05) is 31.9 Å². The summed E-state index contributed by atoms with van der Waals surface area (Å²) in [4.78, 5) is 34.0. The van der Waals surface area contributed by atoms with Crippen LogP contribution in [0.2, 0.25) is 0 Å². The standard InChI is InChI=1S/C22H24N4O3/c1-22(12-7-13-26(22)19(27)15-8-5-4-6-9-15)20(28)23-16-10-11-18-17(14-16)24-21(29-18)25(2)3/h4-6,8-11,14H,7,12-13H2,1-3H3,(H,23,28). The molecule has 29 heavy (non-hydrogen) atoms. The van der Waals surface area contributed by atoms with Crippen molar-refractivity contribution in [2.75, 3.05) is 30.9 Å². The van der Waals surface area contributed by atoms with Crippen molar-refractivity contribution in [1.82, 2.24) is 9.88 Å². The molecule has 2 heterocycles. The van der Waals surface area contributed by atoms with E-state index in [1.165, 1.54) is 0 Å². The highest BCUT2D eigenvalue weighted by Crippen LogP contribution is 2.32. The van der Waals surface area contributed by atoms with E-state index in [1.807, 2.05) is 39.2 Å². The Morgan fingerprint density at radius 1 is 1.17 bits per heavy atom. The van der Waals surface area contributed by atoms with Crippen molar-refractivity contribution in [3.8, 4) is 0 Å². The van der Waals surface area contributed by atoms with Crippen LogP contribution in [0.4, 0.5) is 11.7 Å². The number of carbonyl (C=O) groups is 2. The molecule has 7 nitrogen and oxygen atoms in total. The second-order valence-electron chi connectivity index (χ2n) is 7.73. The molecule has 1 fully saturated rings. The Labute approximate surface area is 169 Å². The van der Waals surface area contributed by atoms with Crippen LogP contribution in [0.25, 0.3) is 11.1 Å². The highest BCUT2D eigenvalue weighted by molar-refractivity contribution is 6.04. The predicted octanol–water partition coefficient (Wildman–Crippen LogP) is 3.53. The van der Waals surface area contributed by atoms with Crippen LogP contribution in [0.1, 0.15) is 30.1 Å². The van der Waals surface area contributed by atoms with Gasteiger partial charge in [0.25, 0.3) is 11.9 Å². The summed E-state index contributed by atoms with van der Waals surface area (Å²) < 4.78 is 5.66. The molecular formula is C22H24N4O3. The van der Waals surface area contributed by atoms with E-state index in [9.17, 15) is 9.59 Å². The van der Waals surface area contributed by atoms with Crippen LogP contribution in [0.3, 0.4) is 0 Å². The molecule has 1 aliphatic rings. The summed E-state index contributed by atoms with van der Waals surface area (Å²) in [6.45, 7) is 2.39. The van der Waals surface area contributed by atoms with E-state index in [0.717, 1.165) is 6.42 Å². The van der Waals surface area contributed by atoms with E-state index in [-0.39, 0.29) is 11.8 Å². The number of oxazole rings is 1. The average molecular weight is 392 g/mol. The fraction of sp³-hybridized carbons (Fsp3) is 0.318. The molecule has 3 aromatic rings. The zero-order valence-corrected chi connectivity index (χ0v) is 16.8. The molecule has 2 amide bonds. The van der Waals surface area contributed by atoms with E-state index in [4.69, 9.17) is 4.42 Å². The summed E-state index contributed by atoms with van der Waals surface area (Å²) in [6.07, 6.45) is 1.41. The van der Waals surface area contributed by atoms with Crippen molar-refractivity contribution in [3.05, 3.63) is 54.1 Å². The number of anilines is 2. The molecule has 1 saturated heterocycles. The zero-order valence-electron chi connectivity index (χ0n) is 16.8. The highest BCUT2D eigenvalue weighted by Gasteiger charge is 2.45. The lowest BCUT2D eigenvalue weighted by Gasteiger charge is -2.34. The number of carbonyl (C=O) groups excluding carboxylic acids is 2. The second kappa shape index (κ2) is 7.24. The molecule has 150 valence electrons. The number of hydrogen-bond acceptors (Lipinski definition) is 5. The molecule has 0 bridgehead atoms. The maximum atomic E-state index is 13.2. The third kappa shape index (κ3) is 3.44. The van der Waals surface area contributed by atoms with Crippen LogP contribution < -0.4 is 10.2 Å². The van der Waals surface area contributed by atoms with E-state index in [2.05, 4.69) is 10.3 Å². The van der Waals surface area contributed by atoms with Crippen molar-refractivity contribution in [3.63, 3.8) is 0 Å². The Kier molecular flexibility index (Phi) is 4.74. The summed E-state index contributed by atoms with van der Waals surface area (Å²) >= 11 is 0. The Balaban J connectivity index is 1.56. The molecule has 1 atom stereocenters. The Hall–Kier alpha value is -3.35. The number of amides is 2. The van der Waals surface area contributed by atoms with Gasteiger partial charge in [-0.15, -0.1) is 0 Å². The van der Waals surface area contributed by atoms with Gasteiger partial charge in [-0.2, -0.15) is 4.98 Å². The molecule has 1 aromatic heterocycles. The van der Waals surface area contributed by atoms with Crippen LogP contribution >= 0.6 is 0 Å². The topological polar surface area (TPSA) is 78.7 Å². The van der Waals surface area contributed by atoms with Crippen LogP contribution in [0.5, 0.6) is 0 Å². The maximum Gasteiger partial charge on any atom is 0.297 e. The number of hydrogen-bond donors (Lipinski definition) is 1. The minimum atomic E-state index is -0.902. The van der Waals surface area contributed by atoms with Gasteiger partial charge in [0.15, 0.2) is 5.58 Å². The SMILES string of the molecule is CN(C)c1nc2cc(NC(=O)C3(C)CCCN3C(=O)c3ccccc3)ccc2o1. The second-order valence-corrected chi connectivity index (χ2v) is 7.73. The van der Waals surface area contributed by atoms with Gasteiger partial charge in [0.1, 0.15) is 11.1 Å². The lowest BCUT2D eigenvalue weighted by atomic mass is 9.96. The maximum absolute atomic E-state index is 13.2. The third-order valence-electron chi connectivity index (χ3n) is 5.41. The molecule has 0 saturated carbocycles. The van der Waals surface area contributed by atoms with E-state index >= 15 is 0 Å². The number of nitrogens with zero attached hydrogens (tertiary/aromatic N) is 3. The van der Waals surface area contributed by atoms with Crippen LogP contribution in [-0.2, 0) is 4.79 Å². The first kappa shape index (κ1) is 19.0. The Morgan fingerprint density at radius 2 is 1.93 bits per heavy atom. The zero-order chi connectivity index (χ0) is 20.6. The molecule has 0 spiro atoms. The monoisotopic (exact) mass is 392 g/mol. The molecule has 1 aliphatic heterocycles. The van der Waals surface area contributed by atoms with Gasteiger partial charge in [-0.1, -0.05) is 18.2 Å². The van der Waals surface area contributed by atoms with E-state index in [1.54, 1.807) is 40.1 Å². The smallest absolute Gasteiger partial charge is 0.297 e. The van der Waals surface area contributed by atoms with Gasteiger partial charge in [0.05, 0.1) is 0 Å². The quantitative estimate of drug-likeness (QED) is 0.735. The van der Waals surface area contributed by atoms with Gasteiger partial charge < -0.3 is 19.5 Å². The first-order valence-corrected chi connectivity index (χ1v) is 9.65. The number of aromatic nitrogens is 1. The number of nitrogens with one attached hydrogen (secondary N) is 1. The van der Waals surface area contributed by atoms with Gasteiger partial charge in [-0.25, -0.2) is 0 Å². The highest BCUT2D eigenvalue weighted by atomic mass is 16.4. The molecule has 1 N–H and O–H groups in total. The van der Waals surface area contributed by atoms with Crippen LogP contribution in [0, 0.1) is 0 Å². The molecule has 1 unspecified atom stereocenters. The summed E-state index contributed by atoms with van der Waals surface area (Å²) in [5, 5.41) is 2.96. The normalized spacial score (nSPS) is 18.8. The number of likely N-dealkylation sites (tertiary alicyclic amines) is 1. The summed E-state index contributed by atoms with van der Waals surface area (Å²) in [5.74, 6) is -0.321. The lowest BCUT2D eigenvalue weighted by molar-refractivity contribution is -0.124. The average Bonchev–Trinajstić information content (AvgIpc) is 3.32. The summed E-state index contributed by atoms with van der Waals surface area (Å²) in [6, 6.07) is 14.9. The summed E-state index contributed by atoms with van der Waals surface area (Å²) in [7, 11) is 3.71. The van der Waals surface area contributed by atoms with Crippen molar-refractivity contribution >= 4 is 34.6 Å². The minimum Gasteiger partial charge on any atom is -0.423 e. The number of benzene rings is 2. The first-order valence-electron chi connectivity index (χ1n) is 9.65. The van der Waals surface area contributed by atoms with Crippen LogP contribution in [-0.4, -0.2) is 47.9 Å². The number of rotatable bonds is 4. The van der Waals surface area contributed by atoms with Crippen molar-refractivity contribution in [2.24, 2.45) is 0 Å². The fourth-order valence-corrected chi connectivity index (χ4v) is 3.71. The van der Waals surface area contributed by atoms with Crippen molar-refractivity contribution in [1.29, 1.82) is 0 Å². The predicted molar refractivity (Wildman–Crippen MR) is 112 cm³/mol. The molecule has 4 rings (SSSR count). The van der Waals surface area contributed by atoms with Crippen molar-refractivity contribution in [2.45, 2.75) is 25.3 Å². The lowest BCUT2D eigenvalue weighted by Crippen LogP contribution is -2.53. The third-order valence-corrected chi connectivity index (χ3v) is 5.41. The Morgan fingerprint density at radius 3 is 2.66 bits per heavy atom. The molecular weight excluding hydrogens is 368 g/mol. The number of fused-ring (bicyclic) bond motifs is 1. The Bertz CT molecular complexity index is 1060. The van der Waals surface area contributed by atoms with Crippen molar-refractivity contribution < 1.29 is 14.0 Å². The largest absolute Gasteiger partial charge is 0.423 e. The van der Waals surface area contributed by atoms with Gasteiger partial charge in [0.2, 0.25) is 5.91 Å². The fourth-order valence-electron chi connectivity index (χ4n) is 3.71. The van der Waals surface area contributed by atoms with Gasteiger partial charge in [-0.05, 0) is 50.1 Å². The van der Waals surface area contributed by atoms with E-state index < -0.39 is 5.54 Å². The molecule has 2 aromatic carbocycles. The molecule has 0 aliphatic carbocycles. The molecule has 7 heteroatoms.